The molecule has 9 aromatic carbocycles. The van der Waals surface area contributed by atoms with E-state index < -0.39 is 0 Å². The SMILES string of the molecule is [C-]#[N+]c1cc(-n2c3cc(-c4ccc(C)cc4C)ccc3c3ccc(-c4ccc(C)cc4C)cc32)c(-c2nc(C)nc(C)n2)cc1-n1c2cc(-c3ccc(C)cc3C)ccc2c2ccc(-c3ccc(C)cc3C)cc21. The zero-order valence-corrected chi connectivity index (χ0v) is 43.7. The minimum atomic E-state index is 0.505. The van der Waals surface area contributed by atoms with Gasteiger partial charge in [0.05, 0.1) is 34.3 Å². The predicted octanol–water partition coefficient (Wildman–Crippen LogP) is 18.0. The molecule has 12 aromatic rings. The maximum absolute atomic E-state index is 9.18. The maximum Gasteiger partial charge on any atom is 0.212 e. The average Bonchev–Trinajstić information content (AvgIpc) is 3.87. The number of rotatable bonds is 7. The van der Waals surface area contributed by atoms with Gasteiger partial charge in [0.1, 0.15) is 11.6 Å². The van der Waals surface area contributed by atoms with Crippen molar-refractivity contribution in [3.8, 4) is 67.3 Å². The molecule has 3 aromatic heterocycles. The van der Waals surface area contributed by atoms with Crippen LogP contribution in [0, 0.1) is 75.8 Å². The number of hydrogen-bond donors (Lipinski definition) is 0. The monoisotopic (exact) mass is 956 g/mol. The second-order valence-corrected chi connectivity index (χ2v) is 20.6. The topological polar surface area (TPSA) is 52.9 Å². The van der Waals surface area contributed by atoms with Gasteiger partial charge in [0.25, 0.3) is 0 Å². The Morgan fingerprint density at radius 1 is 0.324 bits per heavy atom. The summed E-state index contributed by atoms with van der Waals surface area (Å²) in [6.07, 6.45) is 0. The number of aromatic nitrogens is 5. The smallest absolute Gasteiger partial charge is 0.212 e. The van der Waals surface area contributed by atoms with Crippen LogP contribution < -0.4 is 0 Å². The Balaban J connectivity index is 1.21. The lowest BCUT2D eigenvalue weighted by molar-refractivity contribution is 0.926. The summed E-state index contributed by atoms with van der Waals surface area (Å²) in [6, 6.07) is 58.1. The molecular formula is C68H56N6. The molecule has 3 heterocycles. The van der Waals surface area contributed by atoms with Crippen LogP contribution in [-0.2, 0) is 0 Å². The van der Waals surface area contributed by atoms with Gasteiger partial charge in [0, 0.05) is 32.8 Å². The summed E-state index contributed by atoms with van der Waals surface area (Å²) in [7, 11) is 0. The van der Waals surface area contributed by atoms with Crippen LogP contribution in [0.1, 0.15) is 56.2 Å². The third-order valence-corrected chi connectivity index (χ3v) is 15.1. The Hall–Kier alpha value is -8.92. The van der Waals surface area contributed by atoms with Gasteiger partial charge in [-0.25, -0.2) is 19.8 Å². The van der Waals surface area contributed by atoms with Crippen LogP contribution in [0.15, 0.2) is 158 Å². The van der Waals surface area contributed by atoms with Crippen molar-refractivity contribution in [1.29, 1.82) is 0 Å². The number of benzene rings is 9. The van der Waals surface area contributed by atoms with E-state index in [9.17, 15) is 6.57 Å². The van der Waals surface area contributed by atoms with E-state index in [2.05, 4.69) is 232 Å². The molecule has 0 saturated heterocycles. The van der Waals surface area contributed by atoms with E-state index in [1.807, 2.05) is 13.8 Å². The van der Waals surface area contributed by atoms with E-state index in [-0.39, 0.29) is 0 Å². The highest BCUT2D eigenvalue weighted by molar-refractivity contribution is 6.14. The highest BCUT2D eigenvalue weighted by Crippen LogP contribution is 2.46. The first-order chi connectivity index (χ1) is 35.7. The van der Waals surface area contributed by atoms with Crippen molar-refractivity contribution in [2.45, 2.75) is 69.2 Å². The fourth-order valence-corrected chi connectivity index (χ4v) is 11.7. The second-order valence-electron chi connectivity index (χ2n) is 20.6. The molecule has 0 atom stereocenters. The van der Waals surface area contributed by atoms with Crippen molar-refractivity contribution in [3.05, 3.63) is 225 Å². The molecule has 0 unspecified atom stereocenters. The minimum absolute atomic E-state index is 0.505. The lowest BCUT2D eigenvalue weighted by atomic mass is 9.96. The number of nitrogens with zero attached hydrogens (tertiary/aromatic N) is 6. The number of aryl methyl sites for hydroxylation is 10. The molecule has 0 radical (unpaired) electrons. The molecule has 0 amide bonds. The average molecular weight is 957 g/mol. The summed E-state index contributed by atoms with van der Waals surface area (Å²) in [5.41, 5.74) is 25.9. The largest absolute Gasteiger partial charge is 0.319 e. The fourth-order valence-electron chi connectivity index (χ4n) is 11.7. The van der Waals surface area contributed by atoms with Gasteiger partial charge in [-0.3, -0.25) is 0 Å². The van der Waals surface area contributed by atoms with Gasteiger partial charge in [-0.1, -0.05) is 144 Å². The molecule has 0 saturated carbocycles. The van der Waals surface area contributed by atoms with Crippen molar-refractivity contribution < 1.29 is 0 Å². The lowest BCUT2D eigenvalue weighted by Gasteiger charge is -2.19. The van der Waals surface area contributed by atoms with Crippen molar-refractivity contribution in [1.82, 2.24) is 24.1 Å². The first-order valence-corrected chi connectivity index (χ1v) is 25.4. The molecule has 74 heavy (non-hydrogen) atoms. The Morgan fingerprint density at radius 3 is 0.959 bits per heavy atom. The zero-order valence-electron chi connectivity index (χ0n) is 43.7. The standard InChI is InChI=1S/C68H56N6/c1-38-12-20-52(42(5)28-38)48-16-24-56-57-25-17-49(53-21-13-39(2)29-43(53)6)33-63(57)73(62(56)32-48)66-37-61(69-11)67(36-60(66)68-71-46(9)70-47(10)72-68)74-64-34-50(54-22-14-40(3)30-44(54)7)18-26-58(64)59-27-19-51(35-65(59)74)55-23-15-41(4)31-45(55)8/h12-37H,1-10H3. The van der Waals surface area contributed by atoms with E-state index in [1.54, 1.807) is 0 Å². The molecule has 0 fully saturated rings. The van der Waals surface area contributed by atoms with Crippen LogP contribution in [0.25, 0.3) is 116 Å². The van der Waals surface area contributed by atoms with E-state index >= 15 is 0 Å². The Morgan fingerprint density at radius 2 is 0.649 bits per heavy atom. The summed E-state index contributed by atoms with van der Waals surface area (Å²) < 4.78 is 4.67. The van der Waals surface area contributed by atoms with Crippen molar-refractivity contribution in [2.24, 2.45) is 0 Å². The van der Waals surface area contributed by atoms with Gasteiger partial charge < -0.3 is 9.13 Å². The third-order valence-electron chi connectivity index (χ3n) is 15.1. The summed E-state index contributed by atoms with van der Waals surface area (Å²) in [5.74, 6) is 1.79. The molecule has 6 nitrogen and oxygen atoms in total. The lowest BCUT2D eigenvalue weighted by Crippen LogP contribution is -2.05. The van der Waals surface area contributed by atoms with Crippen LogP contribution in [-0.4, -0.2) is 24.1 Å². The zero-order chi connectivity index (χ0) is 51.3. The summed E-state index contributed by atoms with van der Waals surface area (Å²) in [5, 5.41) is 4.44. The van der Waals surface area contributed by atoms with Crippen molar-refractivity contribution >= 4 is 49.3 Å². The van der Waals surface area contributed by atoms with Crippen LogP contribution in [0.3, 0.4) is 0 Å². The van der Waals surface area contributed by atoms with Gasteiger partial charge in [-0.05, 0) is 172 Å². The van der Waals surface area contributed by atoms with Gasteiger partial charge in [0.2, 0.25) is 5.69 Å². The van der Waals surface area contributed by atoms with Crippen molar-refractivity contribution in [2.75, 3.05) is 0 Å². The molecule has 0 aliphatic carbocycles. The molecule has 0 aliphatic heterocycles. The summed E-state index contributed by atoms with van der Waals surface area (Å²) >= 11 is 0. The van der Waals surface area contributed by atoms with E-state index in [0.29, 0.717) is 23.2 Å². The normalized spacial score (nSPS) is 11.6. The van der Waals surface area contributed by atoms with E-state index in [1.165, 1.54) is 66.8 Å². The molecule has 358 valence electrons. The molecule has 0 N–H and O–H groups in total. The fraction of sp³-hybridized carbons (Fsp3) is 0.147. The Kier molecular flexibility index (Phi) is 11.0. The molecular weight excluding hydrogens is 901 g/mol. The van der Waals surface area contributed by atoms with Crippen molar-refractivity contribution in [3.63, 3.8) is 0 Å². The highest BCUT2D eigenvalue weighted by Gasteiger charge is 2.25. The molecule has 0 bridgehead atoms. The third kappa shape index (κ3) is 7.75. The Labute approximate surface area is 433 Å². The van der Waals surface area contributed by atoms with Crippen LogP contribution >= 0.6 is 0 Å². The van der Waals surface area contributed by atoms with Crippen LogP contribution in [0.5, 0.6) is 0 Å². The number of hydrogen-bond acceptors (Lipinski definition) is 3. The molecule has 6 heteroatoms. The molecule has 0 aliphatic rings. The Bertz CT molecular complexity index is 4140. The summed E-state index contributed by atoms with van der Waals surface area (Å²) in [6.45, 7) is 30.3. The quantitative estimate of drug-likeness (QED) is 0.150. The first-order valence-electron chi connectivity index (χ1n) is 25.4. The highest BCUT2D eigenvalue weighted by atomic mass is 15.1. The molecule has 12 rings (SSSR count). The number of fused-ring (bicyclic) bond motifs is 6. The second kappa shape index (κ2) is 17.7. The van der Waals surface area contributed by atoms with Gasteiger partial charge >= 0.3 is 0 Å². The summed E-state index contributed by atoms with van der Waals surface area (Å²) in [4.78, 5) is 19.4. The van der Waals surface area contributed by atoms with Gasteiger partial charge in [-0.2, -0.15) is 0 Å². The minimum Gasteiger partial charge on any atom is -0.319 e. The van der Waals surface area contributed by atoms with Crippen LogP contribution in [0.2, 0.25) is 0 Å². The van der Waals surface area contributed by atoms with Gasteiger partial charge in [-0.15, -0.1) is 0 Å². The van der Waals surface area contributed by atoms with E-state index in [4.69, 9.17) is 9.97 Å². The maximum atomic E-state index is 9.18. The van der Waals surface area contributed by atoms with Gasteiger partial charge in [0.15, 0.2) is 5.82 Å². The van der Waals surface area contributed by atoms with E-state index in [0.717, 1.165) is 82.8 Å². The van der Waals surface area contributed by atoms with Crippen LogP contribution in [0.4, 0.5) is 5.69 Å². The first kappa shape index (κ1) is 46.2. The molecule has 0 spiro atoms. The predicted molar refractivity (Wildman–Crippen MR) is 309 cm³/mol.